The molecule has 8 heteroatoms. The van der Waals surface area contributed by atoms with Gasteiger partial charge in [-0.2, -0.15) is 5.26 Å². The van der Waals surface area contributed by atoms with Gasteiger partial charge < -0.3 is 0 Å². The molecule has 0 saturated carbocycles. The first-order valence-corrected chi connectivity index (χ1v) is 9.21. The number of fused-ring (bicyclic) bond motifs is 1. The van der Waals surface area contributed by atoms with Crippen molar-refractivity contribution in [3.8, 4) is 6.07 Å². The van der Waals surface area contributed by atoms with E-state index in [9.17, 15) is 8.42 Å². The van der Waals surface area contributed by atoms with E-state index in [0.29, 0.717) is 17.2 Å². The van der Waals surface area contributed by atoms with Crippen molar-refractivity contribution >= 4 is 21.4 Å². The summed E-state index contributed by atoms with van der Waals surface area (Å²) in [6.07, 6.45) is 2.33. The molecule has 0 spiro atoms. The lowest BCUT2D eigenvalue weighted by Gasteiger charge is -2.22. The number of anilines is 1. The van der Waals surface area contributed by atoms with Gasteiger partial charge >= 0.3 is 0 Å². The number of sulfonamides is 1. The molecule has 2 heterocycles. The highest BCUT2D eigenvalue weighted by Gasteiger charge is 2.25. The highest BCUT2D eigenvalue weighted by molar-refractivity contribution is 7.92. The van der Waals surface area contributed by atoms with Crippen molar-refractivity contribution in [3.63, 3.8) is 0 Å². The molecule has 0 N–H and O–H groups in total. The van der Waals surface area contributed by atoms with Crippen LogP contribution in [0.15, 0.2) is 47.5 Å². The maximum absolute atomic E-state index is 13.1. The maximum atomic E-state index is 13.1. The summed E-state index contributed by atoms with van der Waals surface area (Å²) >= 11 is 0. The average Bonchev–Trinajstić information content (AvgIpc) is 3.00. The Hall–Kier alpha value is -2.92. The van der Waals surface area contributed by atoms with Crippen LogP contribution in [0.4, 0.5) is 5.69 Å². The van der Waals surface area contributed by atoms with E-state index in [-0.39, 0.29) is 11.4 Å². The summed E-state index contributed by atoms with van der Waals surface area (Å²) in [6, 6.07) is 12.2. The molecule has 2 aromatic heterocycles. The monoisotopic (exact) mass is 355 g/mol. The molecular weight excluding hydrogens is 338 g/mol. The maximum Gasteiger partial charge on any atom is 0.266 e. The van der Waals surface area contributed by atoms with Crippen molar-refractivity contribution in [2.24, 2.45) is 0 Å². The summed E-state index contributed by atoms with van der Waals surface area (Å²) in [5.74, 6) is 0.589. The molecule has 25 heavy (non-hydrogen) atoms. The lowest BCUT2D eigenvalue weighted by molar-refractivity contribution is 0.592. The predicted molar refractivity (Wildman–Crippen MR) is 93.7 cm³/mol. The summed E-state index contributed by atoms with van der Waals surface area (Å²) in [7, 11) is -3.89. The van der Waals surface area contributed by atoms with Gasteiger partial charge in [-0.15, -0.1) is 10.2 Å². The van der Waals surface area contributed by atoms with E-state index in [1.807, 2.05) is 25.1 Å². The number of nitrogens with zero attached hydrogens (tertiary/aromatic N) is 5. The number of hydrogen-bond donors (Lipinski definition) is 0. The molecule has 0 amide bonds. The van der Waals surface area contributed by atoms with Crippen LogP contribution in [0.5, 0.6) is 0 Å². The summed E-state index contributed by atoms with van der Waals surface area (Å²) < 4.78 is 28.9. The first-order valence-electron chi connectivity index (χ1n) is 7.77. The van der Waals surface area contributed by atoms with Crippen LogP contribution in [0.2, 0.25) is 0 Å². The molecule has 0 bridgehead atoms. The third-order valence-electron chi connectivity index (χ3n) is 3.98. The van der Waals surface area contributed by atoms with Crippen LogP contribution in [-0.4, -0.2) is 29.6 Å². The lowest BCUT2D eigenvalue weighted by Crippen LogP contribution is -2.31. The number of aromatic nitrogens is 3. The Balaban J connectivity index is 2.09. The Morgan fingerprint density at radius 1 is 1.16 bits per heavy atom. The zero-order valence-electron chi connectivity index (χ0n) is 13.9. The standard InChI is InChI=1S/C17H17N5O2S/c1-3-14-4-6-15(7-5-14)22(11-10-18)25(23,24)16-8-9-17-20-19-13(2)21(17)12-16/h4-9,12H,3,11H2,1-2H3. The third kappa shape index (κ3) is 3.06. The molecule has 0 aliphatic heterocycles. The van der Waals surface area contributed by atoms with Crippen molar-refractivity contribution in [1.29, 1.82) is 5.26 Å². The summed E-state index contributed by atoms with van der Waals surface area (Å²) in [4.78, 5) is 0.0812. The average molecular weight is 355 g/mol. The van der Waals surface area contributed by atoms with Gasteiger partial charge in [0.2, 0.25) is 0 Å². The van der Waals surface area contributed by atoms with Gasteiger partial charge in [-0.25, -0.2) is 8.42 Å². The zero-order chi connectivity index (χ0) is 18.0. The van der Waals surface area contributed by atoms with E-state index >= 15 is 0 Å². The molecule has 3 aromatic rings. The van der Waals surface area contributed by atoms with Gasteiger partial charge in [0.25, 0.3) is 10.0 Å². The van der Waals surface area contributed by atoms with Crippen molar-refractivity contribution in [1.82, 2.24) is 14.6 Å². The summed E-state index contributed by atoms with van der Waals surface area (Å²) in [5.41, 5.74) is 2.12. The highest BCUT2D eigenvalue weighted by Crippen LogP contribution is 2.24. The quantitative estimate of drug-likeness (QED) is 0.655. The molecule has 0 unspecified atom stereocenters. The fourth-order valence-electron chi connectivity index (χ4n) is 2.54. The molecular formula is C17H17N5O2S. The van der Waals surface area contributed by atoms with Crippen LogP contribution in [0, 0.1) is 18.3 Å². The Morgan fingerprint density at radius 2 is 1.88 bits per heavy atom. The number of benzene rings is 1. The number of rotatable bonds is 5. The van der Waals surface area contributed by atoms with Crippen LogP contribution in [-0.2, 0) is 16.4 Å². The molecule has 0 atom stereocenters. The van der Waals surface area contributed by atoms with E-state index < -0.39 is 10.0 Å². The molecule has 0 saturated heterocycles. The van der Waals surface area contributed by atoms with Crippen LogP contribution in [0.1, 0.15) is 18.3 Å². The summed E-state index contributed by atoms with van der Waals surface area (Å²) in [6.45, 7) is 3.50. The first-order chi connectivity index (χ1) is 12.0. The van der Waals surface area contributed by atoms with Gasteiger partial charge in [0.05, 0.1) is 11.8 Å². The van der Waals surface area contributed by atoms with E-state index in [4.69, 9.17) is 5.26 Å². The van der Waals surface area contributed by atoms with Gasteiger partial charge in [0, 0.05) is 6.20 Å². The normalized spacial score (nSPS) is 11.4. The Labute approximate surface area is 146 Å². The fourth-order valence-corrected chi connectivity index (χ4v) is 3.90. The second kappa shape index (κ2) is 6.53. The largest absolute Gasteiger partial charge is 0.285 e. The van der Waals surface area contributed by atoms with Crippen molar-refractivity contribution in [2.75, 3.05) is 10.8 Å². The number of hydrogen-bond acceptors (Lipinski definition) is 5. The number of pyridine rings is 1. The van der Waals surface area contributed by atoms with Crippen molar-refractivity contribution in [2.45, 2.75) is 25.2 Å². The molecule has 1 aromatic carbocycles. The molecule has 128 valence electrons. The van der Waals surface area contributed by atoms with Crippen molar-refractivity contribution < 1.29 is 8.42 Å². The third-order valence-corrected chi connectivity index (χ3v) is 5.74. The molecule has 0 radical (unpaired) electrons. The lowest BCUT2D eigenvalue weighted by atomic mass is 10.1. The Bertz CT molecular complexity index is 1050. The van der Waals surface area contributed by atoms with E-state index in [2.05, 4.69) is 10.2 Å². The fraction of sp³-hybridized carbons (Fsp3) is 0.235. The van der Waals surface area contributed by atoms with Gasteiger partial charge in [0.15, 0.2) is 5.65 Å². The van der Waals surface area contributed by atoms with E-state index in [1.165, 1.54) is 12.3 Å². The minimum absolute atomic E-state index is 0.0812. The topological polar surface area (TPSA) is 91.4 Å². The second-order valence-electron chi connectivity index (χ2n) is 5.53. The first kappa shape index (κ1) is 16.9. The predicted octanol–water partition coefficient (Wildman–Crippen LogP) is 2.32. The Morgan fingerprint density at radius 3 is 2.52 bits per heavy atom. The molecule has 0 aliphatic carbocycles. The van der Waals surface area contributed by atoms with E-state index in [0.717, 1.165) is 16.3 Å². The van der Waals surface area contributed by atoms with Crippen LogP contribution < -0.4 is 4.31 Å². The zero-order valence-corrected chi connectivity index (χ0v) is 14.7. The van der Waals surface area contributed by atoms with Gasteiger partial charge in [-0.1, -0.05) is 19.1 Å². The molecule has 0 fully saturated rings. The Kier molecular flexibility index (Phi) is 4.42. The van der Waals surface area contributed by atoms with Gasteiger partial charge in [0.1, 0.15) is 17.3 Å². The second-order valence-corrected chi connectivity index (χ2v) is 7.39. The highest BCUT2D eigenvalue weighted by atomic mass is 32.2. The minimum atomic E-state index is -3.89. The van der Waals surface area contributed by atoms with E-state index in [1.54, 1.807) is 29.5 Å². The number of nitriles is 1. The van der Waals surface area contributed by atoms with Crippen LogP contribution >= 0.6 is 0 Å². The van der Waals surface area contributed by atoms with Crippen LogP contribution in [0.25, 0.3) is 5.65 Å². The van der Waals surface area contributed by atoms with Gasteiger partial charge in [-0.05, 0) is 43.2 Å². The van der Waals surface area contributed by atoms with Crippen LogP contribution in [0.3, 0.4) is 0 Å². The molecule has 3 rings (SSSR count). The minimum Gasteiger partial charge on any atom is -0.285 e. The summed E-state index contributed by atoms with van der Waals surface area (Å²) in [5, 5.41) is 17.0. The molecule has 0 aliphatic rings. The smallest absolute Gasteiger partial charge is 0.266 e. The number of aryl methyl sites for hydroxylation is 2. The molecule has 7 nitrogen and oxygen atoms in total. The van der Waals surface area contributed by atoms with Crippen molar-refractivity contribution in [3.05, 3.63) is 54.0 Å². The van der Waals surface area contributed by atoms with Gasteiger partial charge in [-0.3, -0.25) is 8.71 Å². The SMILES string of the molecule is CCc1ccc(N(CC#N)S(=O)(=O)c2ccc3nnc(C)n3c2)cc1.